The molecule has 6 rings (SSSR count). The van der Waals surface area contributed by atoms with Gasteiger partial charge in [0.25, 0.3) is 5.91 Å². The predicted octanol–water partition coefficient (Wildman–Crippen LogP) is 5.95. The third kappa shape index (κ3) is 8.84. The van der Waals surface area contributed by atoms with Gasteiger partial charge in [-0.2, -0.15) is 0 Å². The highest BCUT2D eigenvalue weighted by molar-refractivity contribution is 5.96. The molecule has 0 aromatic heterocycles. The van der Waals surface area contributed by atoms with Crippen LogP contribution < -0.4 is 10.1 Å². The number of hydrogen-bond donors (Lipinski definition) is 2. The molecule has 1 aliphatic carbocycles. The minimum atomic E-state index is -0.638. The lowest BCUT2D eigenvalue weighted by molar-refractivity contribution is -0.146. The minimum absolute atomic E-state index is 0.0669. The first kappa shape index (κ1) is 34.6. The van der Waals surface area contributed by atoms with Crippen LogP contribution in [0.25, 0.3) is 0 Å². The summed E-state index contributed by atoms with van der Waals surface area (Å²) in [7, 11) is 0. The third-order valence-electron chi connectivity index (χ3n) is 9.71. The minimum Gasteiger partial charge on any atom is -0.507 e. The van der Waals surface area contributed by atoms with Crippen LogP contribution in [0.4, 0.5) is 0 Å². The highest BCUT2D eigenvalue weighted by Gasteiger charge is 2.35. The van der Waals surface area contributed by atoms with Gasteiger partial charge >= 0.3 is 5.97 Å². The first-order chi connectivity index (χ1) is 24.4. The summed E-state index contributed by atoms with van der Waals surface area (Å²) in [4.78, 5) is 52.5. The zero-order chi connectivity index (χ0) is 34.9. The molecular weight excluding hydrogens is 632 g/mol. The van der Waals surface area contributed by atoms with Crippen molar-refractivity contribution in [3.63, 3.8) is 0 Å². The van der Waals surface area contributed by atoms with Crippen molar-refractivity contribution in [1.82, 2.24) is 10.2 Å². The van der Waals surface area contributed by atoms with E-state index in [4.69, 9.17) is 9.47 Å². The number of benzene rings is 4. The number of ether oxygens (including phenoxy) is 2. The monoisotopic (exact) mass is 674 g/mol. The van der Waals surface area contributed by atoms with Gasteiger partial charge in [0, 0.05) is 24.1 Å². The number of amides is 1. The summed E-state index contributed by atoms with van der Waals surface area (Å²) in [6.45, 7) is 3.12. The lowest BCUT2D eigenvalue weighted by Crippen LogP contribution is -2.47. The van der Waals surface area contributed by atoms with Crippen LogP contribution in [0.1, 0.15) is 69.0 Å². The highest BCUT2D eigenvalue weighted by Crippen LogP contribution is 2.32. The molecule has 0 spiro atoms. The summed E-state index contributed by atoms with van der Waals surface area (Å²) in [6, 6.07) is 31.2. The number of esters is 1. The SMILES string of the molecule is O=Cc1ccc(C(=O)N[C@H]2C[C@H](C(=O)COc3cccc(C(C(=O)OCC4CCN(Cc5ccccc5)CC4)c4ccccc4)c3)C2)cc1O. The Morgan fingerprint density at radius 2 is 1.56 bits per heavy atom. The van der Waals surface area contributed by atoms with Crippen molar-refractivity contribution in [2.45, 2.75) is 44.2 Å². The molecule has 1 atom stereocenters. The van der Waals surface area contributed by atoms with E-state index in [0.717, 1.165) is 43.6 Å². The number of ketones is 1. The van der Waals surface area contributed by atoms with Crippen LogP contribution in [-0.2, 0) is 20.9 Å². The summed E-state index contributed by atoms with van der Waals surface area (Å²) < 4.78 is 11.9. The summed E-state index contributed by atoms with van der Waals surface area (Å²) in [6.07, 6.45) is 3.44. The van der Waals surface area contributed by atoms with E-state index in [1.807, 2.05) is 48.5 Å². The fourth-order valence-electron chi connectivity index (χ4n) is 6.65. The standard InChI is InChI=1S/C41H42N2O7/c44-25-33-15-14-32(23-37(33)45)40(47)42-35-20-34(21-35)38(46)27-49-36-13-7-12-31(22-36)39(30-10-5-2-6-11-30)41(48)50-26-29-16-18-43(19-17-29)24-28-8-3-1-4-9-28/h1-15,22-23,25,29,34-35,39,45H,16-21,24,26-27H2,(H,42,47)/t34-,35-,39?. The number of Topliss-reactive ketones (excluding diaryl/α,β-unsaturated/α-hetero) is 1. The molecule has 1 aliphatic heterocycles. The lowest BCUT2D eigenvalue weighted by Gasteiger charge is -2.34. The average molecular weight is 675 g/mol. The molecule has 258 valence electrons. The Labute approximate surface area is 292 Å². The Bertz CT molecular complexity index is 1780. The van der Waals surface area contributed by atoms with Crippen LogP contribution in [0.15, 0.2) is 103 Å². The van der Waals surface area contributed by atoms with E-state index < -0.39 is 5.92 Å². The first-order valence-corrected chi connectivity index (χ1v) is 17.2. The van der Waals surface area contributed by atoms with Gasteiger partial charge in [0.1, 0.15) is 24.0 Å². The van der Waals surface area contributed by atoms with E-state index >= 15 is 0 Å². The summed E-state index contributed by atoms with van der Waals surface area (Å²) in [5.41, 5.74) is 3.20. The molecule has 1 saturated heterocycles. The Balaban J connectivity index is 0.994. The second kappa shape index (κ2) is 16.4. The van der Waals surface area contributed by atoms with E-state index in [2.05, 4.69) is 34.5 Å². The Morgan fingerprint density at radius 1 is 0.860 bits per heavy atom. The van der Waals surface area contributed by atoms with Crippen molar-refractivity contribution < 1.29 is 33.8 Å². The van der Waals surface area contributed by atoms with Gasteiger partial charge in [-0.05, 0) is 91.7 Å². The molecule has 9 heteroatoms. The molecule has 2 fully saturated rings. The zero-order valence-electron chi connectivity index (χ0n) is 27.9. The molecule has 0 bridgehead atoms. The average Bonchev–Trinajstić information content (AvgIpc) is 3.12. The number of aldehydes is 1. The van der Waals surface area contributed by atoms with E-state index in [1.54, 1.807) is 12.1 Å². The van der Waals surface area contributed by atoms with Gasteiger partial charge in [-0.1, -0.05) is 72.8 Å². The second-order valence-corrected chi connectivity index (χ2v) is 13.2. The molecule has 9 nitrogen and oxygen atoms in total. The Hall–Kier alpha value is -5.28. The molecule has 2 aliphatic rings. The Morgan fingerprint density at radius 3 is 2.26 bits per heavy atom. The second-order valence-electron chi connectivity index (χ2n) is 13.2. The highest BCUT2D eigenvalue weighted by atomic mass is 16.5. The number of carbonyl (C=O) groups excluding carboxylic acids is 4. The van der Waals surface area contributed by atoms with Gasteiger partial charge in [0.15, 0.2) is 12.1 Å². The number of hydrogen-bond acceptors (Lipinski definition) is 8. The van der Waals surface area contributed by atoms with Crippen molar-refractivity contribution in [3.8, 4) is 11.5 Å². The van der Waals surface area contributed by atoms with Crippen LogP contribution in [0.2, 0.25) is 0 Å². The molecule has 4 aromatic rings. The first-order valence-electron chi connectivity index (χ1n) is 17.2. The van der Waals surface area contributed by atoms with Gasteiger partial charge in [0.05, 0.1) is 12.2 Å². The molecule has 2 N–H and O–H groups in total. The van der Waals surface area contributed by atoms with Crippen LogP contribution in [0.3, 0.4) is 0 Å². The quantitative estimate of drug-likeness (QED) is 0.124. The number of piperidine rings is 1. The zero-order valence-corrected chi connectivity index (χ0v) is 27.9. The molecule has 4 aromatic carbocycles. The van der Waals surface area contributed by atoms with Crippen LogP contribution in [-0.4, -0.2) is 66.3 Å². The Kier molecular flexibility index (Phi) is 11.4. The fourth-order valence-corrected chi connectivity index (χ4v) is 6.65. The molecular formula is C41H42N2O7. The van der Waals surface area contributed by atoms with E-state index in [-0.39, 0.29) is 53.1 Å². The normalized spacial score (nSPS) is 18.3. The third-order valence-corrected chi connectivity index (χ3v) is 9.71. The van der Waals surface area contributed by atoms with Gasteiger partial charge in [-0.25, -0.2) is 0 Å². The molecule has 1 unspecified atom stereocenters. The number of phenolic OH excluding ortho intramolecular Hbond substituents is 1. The van der Waals surface area contributed by atoms with Gasteiger partial charge in [-0.15, -0.1) is 0 Å². The number of phenols is 1. The fraction of sp³-hybridized carbons (Fsp3) is 0.317. The molecule has 1 saturated carbocycles. The molecule has 50 heavy (non-hydrogen) atoms. The van der Waals surface area contributed by atoms with Crippen LogP contribution in [0, 0.1) is 11.8 Å². The largest absolute Gasteiger partial charge is 0.507 e. The number of nitrogens with zero attached hydrogens (tertiary/aromatic N) is 1. The van der Waals surface area contributed by atoms with E-state index in [9.17, 15) is 24.3 Å². The van der Waals surface area contributed by atoms with Crippen molar-refractivity contribution in [2.24, 2.45) is 11.8 Å². The van der Waals surface area contributed by atoms with E-state index in [1.165, 1.54) is 23.8 Å². The van der Waals surface area contributed by atoms with Crippen molar-refractivity contribution >= 4 is 23.9 Å². The van der Waals surface area contributed by atoms with Gasteiger partial charge in [-0.3, -0.25) is 24.1 Å². The van der Waals surface area contributed by atoms with Crippen LogP contribution in [0.5, 0.6) is 11.5 Å². The topological polar surface area (TPSA) is 122 Å². The maximum atomic E-state index is 13.7. The number of rotatable bonds is 14. The van der Waals surface area contributed by atoms with Crippen molar-refractivity contribution in [2.75, 3.05) is 26.3 Å². The van der Waals surface area contributed by atoms with Gasteiger partial charge in [0.2, 0.25) is 0 Å². The van der Waals surface area contributed by atoms with Crippen molar-refractivity contribution in [3.05, 3.63) is 131 Å². The maximum Gasteiger partial charge on any atom is 0.317 e. The summed E-state index contributed by atoms with van der Waals surface area (Å²) >= 11 is 0. The number of nitrogens with one attached hydrogen (secondary N) is 1. The van der Waals surface area contributed by atoms with Crippen LogP contribution >= 0.6 is 0 Å². The van der Waals surface area contributed by atoms with Crippen molar-refractivity contribution in [1.29, 1.82) is 0 Å². The number of aromatic hydroxyl groups is 1. The molecule has 1 heterocycles. The summed E-state index contributed by atoms with van der Waals surface area (Å²) in [5.74, 6) is -1.10. The molecule has 1 amide bonds. The number of likely N-dealkylation sites (tertiary alicyclic amines) is 1. The lowest BCUT2D eigenvalue weighted by atomic mass is 9.77. The number of carbonyl (C=O) groups is 4. The molecule has 0 radical (unpaired) electrons. The predicted molar refractivity (Wildman–Crippen MR) is 188 cm³/mol. The summed E-state index contributed by atoms with van der Waals surface area (Å²) in [5, 5.41) is 12.7. The smallest absolute Gasteiger partial charge is 0.317 e. The van der Waals surface area contributed by atoms with Gasteiger partial charge < -0.3 is 19.9 Å². The maximum absolute atomic E-state index is 13.7. The van der Waals surface area contributed by atoms with E-state index in [0.29, 0.717) is 37.4 Å².